The molecule has 0 unspecified atom stereocenters. The van der Waals surface area contributed by atoms with E-state index in [4.69, 9.17) is 11.6 Å². The normalized spacial score (nSPS) is 26.7. The van der Waals surface area contributed by atoms with Gasteiger partial charge in [-0.05, 0) is 18.2 Å². The van der Waals surface area contributed by atoms with Gasteiger partial charge in [0.25, 0.3) is 5.92 Å². The van der Waals surface area contributed by atoms with Crippen LogP contribution >= 0.6 is 11.6 Å². The minimum absolute atomic E-state index is 0.208. The Labute approximate surface area is 108 Å². The molecule has 2 fully saturated rings. The fourth-order valence-electron chi connectivity index (χ4n) is 2.56. The van der Waals surface area contributed by atoms with Crippen LogP contribution in [0.25, 0.3) is 0 Å². The number of carbonyl (C=O) groups is 1. The molecule has 0 spiro atoms. The number of hydrogen-bond acceptors (Lipinski definition) is 2. The van der Waals surface area contributed by atoms with E-state index in [2.05, 4.69) is 0 Å². The van der Waals surface area contributed by atoms with E-state index in [1.54, 1.807) is 24.3 Å². The zero-order chi connectivity index (χ0) is 12.9. The van der Waals surface area contributed by atoms with Crippen LogP contribution in [0.3, 0.4) is 0 Å². The summed E-state index contributed by atoms with van der Waals surface area (Å²) < 4.78 is 26.4. The molecular formula is C12H11ClF2N2O. The maximum Gasteiger partial charge on any atom is 0.262 e. The fraction of sp³-hybridized carbons (Fsp3) is 0.417. The zero-order valence-corrected chi connectivity index (χ0v) is 10.2. The first kappa shape index (κ1) is 11.9. The molecule has 3 rings (SSSR count). The van der Waals surface area contributed by atoms with Gasteiger partial charge in [-0.2, -0.15) is 0 Å². The first-order chi connectivity index (χ1) is 8.46. The summed E-state index contributed by atoms with van der Waals surface area (Å²) in [5, 5.41) is 0.526. The van der Waals surface area contributed by atoms with Crippen LogP contribution in [0.5, 0.6) is 0 Å². The molecule has 0 aliphatic carbocycles. The highest BCUT2D eigenvalue weighted by Crippen LogP contribution is 2.37. The van der Waals surface area contributed by atoms with E-state index in [9.17, 15) is 13.6 Å². The van der Waals surface area contributed by atoms with Crippen molar-refractivity contribution in [1.82, 2.24) is 4.90 Å². The standard InChI is InChI=1S/C12H11ClF2N2O/c13-8-2-1-3-9(4-8)17-7-16-6-12(14,15)5-10(16)11(17)18/h1-4,10H,5-7H2/t10-/m0/s1. The van der Waals surface area contributed by atoms with Crippen molar-refractivity contribution in [3.8, 4) is 0 Å². The number of alkyl halides is 2. The summed E-state index contributed by atoms with van der Waals surface area (Å²) in [6.45, 7) is -0.139. The van der Waals surface area contributed by atoms with Crippen LogP contribution in [0.4, 0.5) is 14.5 Å². The molecule has 0 saturated carbocycles. The lowest BCUT2D eigenvalue weighted by atomic mass is 10.2. The molecule has 1 atom stereocenters. The second-order valence-corrected chi connectivity index (χ2v) is 5.15. The number of fused-ring (bicyclic) bond motifs is 1. The average Bonchev–Trinajstić information content (AvgIpc) is 2.73. The van der Waals surface area contributed by atoms with Crippen LogP contribution in [0.2, 0.25) is 5.02 Å². The molecule has 0 N–H and O–H groups in total. The molecule has 2 heterocycles. The smallest absolute Gasteiger partial charge is 0.262 e. The average molecular weight is 273 g/mol. The molecule has 1 amide bonds. The Morgan fingerprint density at radius 1 is 1.39 bits per heavy atom. The van der Waals surface area contributed by atoms with Gasteiger partial charge >= 0.3 is 0 Å². The highest BCUT2D eigenvalue weighted by atomic mass is 35.5. The SMILES string of the molecule is O=C1[C@@H]2CC(F)(F)CN2CN1c1cccc(Cl)c1. The van der Waals surface area contributed by atoms with Crippen molar-refractivity contribution in [2.75, 3.05) is 18.1 Å². The molecule has 18 heavy (non-hydrogen) atoms. The number of anilines is 1. The molecule has 3 nitrogen and oxygen atoms in total. The van der Waals surface area contributed by atoms with Gasteiger partial charge in [0.05, 0.1) is 19.3 Å². The van der Waals surface area contributed by atoms with E-state index in [-0.39, 0.29) is 25.5 Å². The van der Waals surface area contributed by atoms with E-state index >= 15 is 0 Å². The molecule has 6 heteroatoms. The predicted molar refractivity (Wildman–Crippen MR) is 63.9 cm³/mol. The van der Waals surface area contributed by atoms with Crippen molar-refractivity contribution in [2.24, 2.45) is 0 Å². The quantitative estimate of drug-likeness (QED) is 0.783. The Hall–Kier alpha value is -1.20. The number of nitrogens with zero attached hydrogens (tertiary/aromatic N) is 2. The van der Waals surface area contributed by atoms with Crippen molar-refractivity contribution in [1.29, 1.82) is 0 Å². The van der Waals surface area contributed by atoms with Crippen molar-refractivity contribution in [3.63, 3.8) is 0 Å². The van der Waals surface area contributed by atoms with Crippen LogP contribution in [0.1, 0.15) is 6.42 Å². The second kappa shape index (κ2) is 3.90. The highest BCUT2D eigenvalue weighted by Gasteiger charge is 2.53. The van der Waals surface area contributed by atoms with Crippen molar-refractivity contribution < 1.29 is 13.6 Å². The minimum atomic E-state index is -2.75. The molecule has 2 aliphatic heterocycles. The van der Waals surface area contributed by atoms with E-state index < -0.39 is 12.0 Å². The maximum atomic E-state index is 13.2. The molecular weight excluding hydrogens is 262 g/mol. The number of benzene rings is 1. The fourth-order valence-corrected chi connectivity index (χ4v) is 2.74. The van der Waals surface area contributed by atoms with Crippen LogP contribution in [-0.2, 0) is 4.79 Å². The van der Waals surface area contributed by atoms with Crippen LogP contribution in [-0.4, -0.2) is 36.0 Å². The largest absolute Gasteiger partial charge is 0.297 e. The number of halogens is 3. The Kier molecular flexibility index (Phi) is 2.57. The van der Waals surface area contributed by atoms with Gasteiger partial charge in [0, 0.05) is 17.1 Å². The lowest BCUT2D eigenvalue weighted by Crippen LogP contribution is -2.32. The van der Waals surface area contributed by atoms with Crippen molar-refractivity contribution >= 4 is 23.2 Å². The summed E-state index contributed by atoms with van der Waals surface area (Å²) >= 11 is 5.87. The summed E-state index contributed by atoms with van der Waals surface area (Å²) in [7, 11) is 0. The third-order valence-corrected chi connectivity index (χ3v) is 3.60. The lowest BCUT2D eigenvalue weighted by Gasteiger charge is -2.19. The lowest BCUT2D eigenvalue weighted by molar-refractivity contribution is -0.119. The van der Waals surface area contributed by atoms with Gasteiger partial charge in [-0.15, -0.1) is 0 Å². The zero-order valence-electron chi connectivity index (χ0n) is 9.44. The first-order valence-electron chi connectivity index (χ1n) is 5.65. The summed E-state index contributed by atoms with van der Waals surface area (Å²) in [5.41, 5.74) is 0.658. The molecule has 2 saturated heterocycles. The van der Waals surface area contributed by atoms with Crippen molar-refractivity contribution in [3.05, 3.63) is 29.3 Å². The van der Waals surface area contributed by atoms with Gasteiger partial charge in [0.15, 0.2) is 0 Å². The Morgan fingerprint density at radius 3 is 2.83 bits per heavy atom. The number of carbonyl (C=O) groups excluding carboxylic acids is 1. The summed E-state index contributed by atoms with van der Waals surface area (Å²) in [6, 6.07) is 6.17. The number of amides is 1. The molecule has 2 aliphatic rings. The second-order valence-electron chi connectivity index (χ2n) is 4.71. The number of hydrogen-bond donors (Lipinski definition) is 0. The topological polar surface area (TPSA) is 23.6 Å². The van der Waals surface area contributed by atoms with Gasteiger partial charge in [-0.3, -0.25) is 14.6 Å². The van der Waals surface area contributed by atoms with Gasteiger partial charge in [-0.1, -0.05) is 17.7 Å². The van der Waals surface area contributed by atoms with E-state index in [0.29, 0.717) is 10.7 Å². The molecule has 0 aromatic heterocycles. The third-order valence-electron chi connectivity index (χ3n) is 3.36. The molecule has 0 bridgehead atoms. The molecule has 96 valence electrons. The van der Waals surface area contributed by atoms with Crippen LogP contribution < -0.4 is 4.90 Å². The van der Waals surface area contributed by atoms with Crippen LogP contribution in [0, 0.1) is 0 Å². The number of rotatable bonds is 1. The molecule has 0 radical (unpaired) electrons. The van der Waals surface area contributed by atoms with E-state index in [1.165, 1.54) is 9.80 Å². The van der Waals surface area contributed by atoms with Gasteiger partial charge < -0.3 is 0 Å². The van der Waals surface area contributed by atoms with Crippen molar-refractivity contribution in [2.45, 2.75) is 18.4 Å². The Morgan fingerprint density at radius 2 is 2.17 bits per heavy atom. The van der Waals surface area contributed by atoms with Gasteiger partial charge in [0.2, 0.25) is 5.91 Å². The van der Waals surface area contributed by atoms with Crippen LogP contribution in [0.15, 0.2) is 24.3 Å². The van der Waals surface area contributed by atoms with Gasteiger partial charge in [0.1, 0.15) is 0 Å². The maximum absolute atomic E-state index is 13.2. The Bertz CT molecular complexity index is 509. The third kappa shape index (κ3) is 1.87. The van der Waals surface area contributed by atoms with E-state index in [1.807, 2.05) is 0 Å². The summed E-state index contributed by atoms with van der Waals surface area (Å²) in [5.74, 6) is -3.02. The monoisotopic (exact) mass is 272 g/mol. The molecule has 1 aromatic rings. The highest BCUT2D eigenvalue weighted by molar-refractivity contribution is 6.30. The van der Waals surface area contributed by atoms with E-state index in [0.717, 1.165) is 0 Å². The minimum Gasteiger partial charge on any atom is -0.297 e. The molecule has 1 aromatic carbocycles. The summed E-state index contributed by atoms with van der Waals surface area (Å²) in [6.07, 6.45) is -0.386. The Balaban J connectivity index is 1.85. The first-order valence-corrected chi connectivity index (χ1v) is 6.03. The predicted octanol–water partition coefficient (Wildman–Crippen LogP) is 2.35. The summed E-state index contributed by atoms with van der Waals surface area (Å²) in [4.78, 5) is 15.1. The van der Waals surface area contributed by atoms with Gasteiger partial charge in [-0.25, -0.2) is 8.78 Å².